The van der Waals surface area contributed by atoms with Crippen LogP contribution < -0.4 is 10.6 Å². The molecule has 0 fully saturated rings. The van der Waals surface area contributed by atoms with E-state index >= 15 is 0 Å². The maximum absolute atomic E-state index is 13.3. The topological polar surface area (TPSA) is 66.9 Å². The number of aryl methyl sites for hydroxylation is 2. The van der Waals surface area contributed by atoms with Gasteiger partial charge < -0.3 is 10.6 Å². The van der Waals surface area contributed by atoms with Crippen molar-refractivity contribution in [2.45, 2.75) is 13.8 Å². The lowest BCUT2D eigenvalue weighted by Gasteiger charge is -2.09. The van der Waals surface area contributed by atoms with Gasteiger partial charge in [-0.1, -0.05) is 6.07 Å². The van der Waals surface area contributed by atoms with E-state index in [0.29, 0.717) is 11.4 Å². The van der Waals surface area contributed by atoms with Gasteiger partial charge in [0.05, 0.1) is 0 Å². The van der Waals surface area contributed by atoms with Crippen LogP contribution in [-0.4, -0.2) is 15.9 Å². The standard InChI is InChI=1S/C19H16F2N4O/c1-11-3-4-13(7-12(11)2)25-19(26)17-9-18(23-10-22-17)24-14-5-6-15(20)16(21)8-14/h3-10H,1-2H3,(H,25,26)(H,22,23,24). The maximum Gasteiger partial charge on any atom is 0.274 e. The van der Waals surface area contributed by atoms with Crippen molar-refractivity contribution >= 4 is 23.1 Å². The average molecular weight is 354 g/mol. The van der Waals surface area contributed by atoms with Crippen LogP contribution in [0.15, 0.2) is 48.8 Å². The van der Waals surface area contributed by atoms with Crippen LogP contribution in [0, 0.1) is 25.5 Å². The van der Waals surface area contributed by atoms with Crippen molar-refractivity contribution in [2.24, 2.45) is 0 Å². The van der Waals surface area contributed by atoms with Crippen molar-refractivity contribution in [2.75, 3.05) is 10.6 Å². The lowest BCUT2D eigenvalue weighted by molar-refractivity contribution is 0.102. The van der Waals surface area contributed by atoms with Crippen molar-refractivity contribution in [3.05, 3.63) is 77.2 Å². The van der Waals surface area contributed by atoms with Gasteiger partial charge in [-0.3, -0.25) is 4.79 Å². The molecule has 1 aromatic heterocycles. The molecule has 0 aliphatic heterocycles. The van der Waals surface area contributed by atoms with Crippen molar-refractivity contribution in [3.63, 3.8) is 0 Å². The minimum atomic E-state index is -0.975. The lowest BCUT2D eigenvalue weighted by Crippen LogP contribution is -2.14. The molecule has 0 aliphatic carbocycles. The van der Waals surface area contributed by atoms with Crippen molar-refractivity contribution in [1.82, 2.24) is 9.97 Å². The Bertz CT molecular complexity index is 976. The molecule has 3 rings (SSSR count). The van der Waals surface area contributed by atoms with Crippen LogP contribution in [0.25, 0.3) is 0 Å². The monoisotopic (exact) mass is 354 g/mol. The highest BCUT2D eigenvalue weighted by molar-refractivity contribution is 6.03. The normalized spacial score (nSPS) is 10.5. The molecule has 3 aromatic rings. The molecule has 26 heavy (non-hydrogen) atoms. The smallest absolute Gasteiger partial charge is 0.274 e. The Balaban J connectivity index is 1.76. The summed E-state index contributed by atoms with van der Waals surface area (Å²) in [6, 6.07) is 10.4. The molecule has 2 N–H and O–H groups in total. The van der Waals surface area contributed by atoms with Gasteiger partial charge in [-0.25, -0.2) is 18.7 Å². The average Bonchev–Trinajstić information content (AvgIpc) is 2.61. The zero-order chi connectivity index (χ0) is 18.7. The van der Waals surface area contributed by atoms with Crippen LogP contribution in [0.5, 0.6) is 0 Å². The molecule has 0 atom stereocenters. The summed E-state index contributed by atoms with van der Waals surface area (Å²) in [5, 5.41) is 5.58. The van der Waals surface area contributed by atoms with Crippen LogP contribution in [0.2, 0.25) is 0 Å². The van der Waals surface area contributed by atoms with Gasteiger partial charge in [-0.15, -0.1) is 0 Å². The second-order valence-corrected chi connectivity index (χ2v) is 5.80. The number of halogens is 2. The number of nitrogens with one attached hydrogen (secondary N) is 2. The lowest BCUT2D eigenvalue weighted by atomic mass is 10.1. The van der Waals surface area contributed by atoms with Crippen LogP contribution in [-0.2, 0) is 0 Å². The number of hydrogen-bond acceptors (Lipinski definition) is 4. The van der Waals surface area contributed by atoms with Crippen molar-refractivity contribution in [1.29, 1.82) is 0 Å². The fourth-order valence-corrected chi connectivity index (χ4v) is 2.29. The van der Waals surface area contributed by atoms with E-state index < -0.39 is 17.5 Å². The molecular formula is C19H16F2N4O. The second-order valence-electron chi connectivity index (χ2n) is 5.80. The number of hydrogen-bond donors (Lipinski definition) is 2. The number of nitrogens with zero attached hydrogens (tertiary/aromatic N) is 2. The number of amides is 1. The van der Waals surface area contributed by atoms with Gasteiger partial charge in [0.25, 0.3) is 5.91 Å². The molecule has 0 aliphatic rings. The van der Waals surface area contributed by atoms with Crippen molar-refractivity contribution < 1.29 is 13.6 Å². The molecule has 0 spiro atoms. The number of aromatic nitrogens is 2. The SMILES string of the molecule is Cc1ccc(NC(=O)c2cc(Nc3ccc(F)c(F)c3)ncn2)cc1C. The molecule has 0 radical (unpaired) electrons. The molecular weight excluding hydrogens is 338 g/mol. The van der Waals surface area contributed by atoms with E-state index in [1.54, 1.807) is 0 Å². The fraction of sp³-hybridized carbons (Fsp3) is 0.105. The molecule has 132 valence electrons. The third-order valence-corrected chi connectivity index (χ3v) is 3.86. The summed E-state index contributed by atoms with van der Waals surface area (Å²) in [5.74, 6) is -2.02. The van der Waals surface area contributed by atoms with E-state index in [1.165, 1.54) is 18.5 Å². The predicted molar refractivity (Wildman–Crippen MR) is 95.5 cm³/mol. The predicted octanol–water partition coefficient (Wildman–Crippen LogP) is 4.37. The van der Waals surface area contributed by atoms with Gasteiger partial charge >= 0.3 is 0 Å². The number of rotatable bonds is 4. The minimum Gasteiger partial charge on any atom is -0.340 e. The van der Waals surface area contributed by atoms with E-state index in [4.69, 9.17) is 0 Å². The maximum atomic E-state index is 13.3. The molecule has 5 nitrogen and oxygen atoms in total. The third kappa shape index (κ3) is 4.00. The first-order valence-electron chi connectivity index (χ1n) is 7.85. The third-order valence-electron chi connectivity index (χ3n) is 3.86. The van der Waals surface area contributed by atoms with Crippen LogP contribution in [0.4, 0.5) is 26.0 Å². The fourth-order valence-electron chi connectivity index (χ4n) is 2.29. The van der Waals surface area contributed by atoms with Gasteiger partial charge in [0.2, 0.25) is 0 Å². The summed E-state index contributed by atoms with van der Waals surface area (Å²) >= 11 is 0. The van der Waals surface area contributed by atoms with Crippen molar-refractivity contribution in [3.8, 4) is 0 Å². The molecule has 7 heteroatoms. The molecule has 0 saturated heterocycles. The summed E-state index contributed by atoms with van der Waals surface area (Å²) < 4.78 is 26.3. The van der Waals surface area contributed by atoms with Gasteiger partial charge in [0.15, 0.2) is 11.6 Å². The highest BCUT2D eigenvalue weighted by Gasteiger charge is 2.10. The van der Waals surface area contributed by atoms with E-state index in [9.17, 15) is 13.6 Å². The first-order valence-corrected chi connectivity index (χ1v) is 7.85. The zero-order valence-electron chi connectivity index (χ0n) is 14.2. The Hall–Kier alpha value is -3.35. The highest BCUT2D eigenvalue weighted by Crippen LogP contribution is 2.19. The minimum absolute atomic E-state index is 0.142. The highest BCUT2D eigenvalue weighted by atomic mass is 19.2. The second kappa shape index (κ2) is 7.26. The molecule has 1 heterocycles. The van der Waals surface area contributed by atoms with Gasteiger partial charge in [0, 0.05) is 23.5 Å². The summed E-state index contributed by atoms with van der Waals surface area (Å²) in [6.07, 6.45) is 1.22. The number of benzene rings is 2. The Kier molecular flexibility index (Phi) is 4.88. The first-order chi connectivity index (χ1) is 12.4. The van der Waals surface area contributed by atoms with Crippen LogP contribution in [0.1, 0.15) is 21.6 Å². The summed E-state index contributed by atoms with van der Waals surface area (Å²) in [7, 11) is 0. The largest absolute Gasteiger partial charge is 0.340 e. The Labute approximate surface area is 149 Å². The number of anilines is 3. The molecule has 0 saturated carbocycles. The van der Waals surface area contributed by atoms with E-state index in [0.717, 1.165) is 23.3 Å². The van der Waals surface area contributed by atoms with Crippen LogP contribution in [0.3, 0.4) is 0 Å². The Morgan fingerprint density at radius 3 is 2.38 bits per heavy atom. The quantitative estimate of drug-likeness (QED) is 0.730. The Morgan fingerprint density at radius 2 is 1.65 bits per heavy atom. The molecule has 0 bridgehead atoms. The van der Waals surface area contributed by atoms with E-state index in [1.807, 2.05) is 32.0 Å². The molecule has 0 unspecified atom stereocenters. The molecule has 1 amide bonds. The number of carbonyl (C=O) groups is 1. The Morgan fingerprint density at radius 1 is 0.885 bits per heavy atom. The van der Waals surface area contributed by atoms with Gasteiger partial charge in [-0.05, 0) is 49.2 Å². The summed E-state index contributed by atoms with van der Waals surface area (Å²) in [5.41, 5.74) is 3.30. The van der Waals surface area contributed by atoms with E-state index in [-0.39, 0.29) is 11.5 Å². The van der Waals surface area contributed by atoms with Gasteiger partial charge in [0.1, 0.15) is 17.8 Å². The summed E-state index contributed by atoms with van der Waals surface area (Å²) in [6.45, 7) is 3.95. The van der Waals surface area contributed by atoms with Gasteiger partial charge in [-0.2, -0.15) is 0 Å². The van der Waals surface area contributed by atoms with Crippen LogP contribution >= 0.6 is 0 Å². The zero-order valence-corrected chi connectivity index (χ0v) is 14.2. The van der Waals surface area contributed by atoms with E-state index in [2.05, 4.69) is 20.6 Å². The number of carbonyl (C=O) groups excluding carboxylic acids is 1. The molecule has 2 aromatic carbocycles. The first kappa shape index (κ1) is 17.5. The summed E-state index contributed by atoms with van der Waals surface area (Å²) in [4.78, 5) is 20.3.